The molecule has 0 heterocycles. The van der Waals surface area contributed by atoms with E-state index in [0.29, 0.717) is 25.1 Å². The van der Waals surface area contributed by atoms with Gasteiger partial charge in [0.25, 0.3) is 0 Å². The summed E-state index contributed by atoms with van der Waals surface area (Å²) in [7, 11) is 0. The van der Waals surface area contributed by atoms with E-state index >= 15 is 0 Å². The van der Waals surface area contributed by atoms with Crippen LogP contribution in [0.15, 0.2) is 48.5 Å². The maximum absolute atomic E-state index is 12.9. The second kappa shape index (κ2) is 6.43. The van der Waals surface area contributed by atoms with Crippen LogP contribution in [0.3, 0.4) is 0 Å². The number of benzene rings is 2. The van der Waals surface area contributed by atoms with Crippen molar-refractivity contribution < 1.29 is 14.0 Å². The quantitative estimate of drug-likeness (QED) is 0.829. The topological polar surface area (TPSA) is 58.2 Å². The maximum atomic E-state index is 12.9. The van der Waals surface area contributed by atoms with Crippen LogP contribution in [0.4, 0.5) is 10.1 Å². The molecule has 1 saturated carbocycles. The monoisotopic (exact) mass is 326 g/mol. The lowest BCUT2D eigenvalue weighted by molar-refractivity contribution is -0.134. The molecule has 1 aliphatic rings. The Morgan fingerprint density at radius 3 is 2.21 bits per heavy atom. The summed E-state index contributed by atoms with van der Waals surface area (Å²) in [6, 6.07) is 13.4. The van der Waals surface area contributed by atoms with E-state index in [1.54, 1.807) is 0 Å². The van der Waals surface area contributed by atoms with Crippen LogP contribution in [0.2, 0.25) is 0 Å². The van der Waals surface area contributed by atoms with Gasteiger partial charge in [-0.25, -0.2) is 4.39 Å². The second-order valence-corrected chi connectivity index (χ2v) is 6.21. The van der Waals surface area contributed by atoms with Gasteiger partial charge in [0.15, 0.2) is 0 Å². The lowest BCUT2D eigenvalue weighted by atomic mass is 10.0. The minimum Gasteiger partial charge on any atom is -0.351 e. The number of rotatable bonds is 5. The van der Waals surface area contributed by atoms with Crippen LogP contribution in [0.1, 0.15) is 24.0 Å². The molecular formula is C19H19FN2O2. The summed E-state index contributed by atoms with van der Waals surface area (Å²) in [5.74, 6) is -0.969. The van der Waals surface area contributed by atoms with Gasteiger partial charge in [-0.05, 0) is 49.6 Å². The minimum absolute atomic E-state index is 0.261. The van der Waals surface area contributed by atoms with Gasteiger partial charge in [-0.2, -0.15) is 0 Å². The van der Waals surface area contributed by atoms with Gasteiger partial charge in [0.1, 0.15) is 11.2 Å². The minimum atomic E-state index is -1.00. The molecule has 0 saturated heterocycles. The zero-order valence-corrected chi connectivity index (χ0v) is 13.4. The summed E-state index contributed by atoms with van der Waals surface area (Å²) >= 11 is 0. The number of hydrogen-bond donors (Lipinski definition) is 2. The number of halogens is 1. The third-order valence-corrected chi connectivity index (χ3v) is 4.30. The molecule has 2 aromatic carbocycles. The normalized spacial score (nSPS) is 14.8. The summed E-state index contributed by atoms with van der Waals surface area (Å²) < 4.78 is 12.9. The fourth-order valence-corrected chi connectivity index (χ4v) is 2.52. The molecule has 2 amide bonds. The van der Waals surface area contributed by atoms with Crippen LogP contribution >= 0.6 is 0 Å². The van der Waals surface area contributed by atoms with E-state index in [1.807, 2.05) is 31.2 Å². The predicted octanol–water partition coefficient (Wildman–Crippen LogP) is 3.17. The van der Waals surface area contributed by atoms with Gasteiger partial charge >= 0.3 is 0 Å². The molecule has 2 aromatic rings. The van der Waals surface area contributed by atoms with E-state index < -0.39 is 5.41 Å². The Bertz CT molecular complexity index is 750. The SMILES string of the molecule is Cc1ccc(CNC(=O)C2(C(=O)Nc3ccc(F)cc3)CC2)cc1. The first-order valence-corrected chi connectivity index (χ1v) is 7.90. The van der Waals surface area contributed by atoms with Gasteiger partial charge in [0.2, 0.25) is 11.8 Å². The van der Waals surface area contributed by atoms with Crippen molar-refractivity contribution in [3.8, 4) is 0 Å². The average molecular weight is 326 g/mol. The fourth-order valence-electron chi connectivity index (χ4n) is 2.52. The Kier molecular flexibility index (Phi) is 4.34. The number of aryl methyl sites for hydroxylation is 1. The Morgan fingerprint density at radius 1 is 1.00 bits per heavy atom. The van der Waals surface area contributed by atoms with Crippen molar-refractivity contribution in [1.82, 2.24) is 5.32 Å². The van der Waals surface area contributed by atoms with Gasteiger partial charge in [0.05, 0.1) is 0 Å². The van der Waals surface area contributed by atoms with E-state index in [0.717, 1.165) is 11.1 Å². The lowest BCUT2D eigenvalue weighted by Gasteiger charge is -2.15. The fraction of sp³-hybridized carbons (Fsp3) is 0.263. The van der Waals surface area contributed by atoms with Crippen LogP contribution < -0.4 is 10.6 Å². The predicted molar refractivity (Wildman–Crippen MR) is 89.7 cm³/mol. The molecule has 0 bridgehead atoms. The van der Waals surface area contributed by atoms with E-state index in [-0.39, 0.29) is 17.6 Å². The van der Waals surface area contributed by atoms with Crippen LogP contribution in [0.5, 0.6) is 0 Å². The number of carbonyl (C=O) groups excluding carboxylic acids is 2. The summed E-state index contributed by atoms with van der Waals surface area (Å²) in [5.41, 5.74) is 1.63. The van der Waals surface area contributed by atoms with Crippen molar-refractivity contribution in [2.45, 2.75) is 26.3 Å². The third-order valence-electron chi connectivity index (χ3n) is 4.30. The molecular weight excluding hydrogens is 307 g/mol. The Hall–Kier alpha value is -2.69. The van der Waals surface area contributed by atoms with Crippen molar-refractivity contribution in [2.24, 2.45) is 5.41 Å². The number of nitrogens with one attached hydrogen (secondary N) is 2. The van der Waals surface area contributed by atoms with Gasteiger partial charge in [-0.1, -0.05) is 29.8 Å². The van der Waals surface area contributed by atoms with Crippen LogP contribution in [0.25, 0.3) is 0 Å². The highest BCUT2D eigenvalue weighted by atomic mass is 19.1. The zero-order valence-electron chi connectivity index (χ0n) is 13.4. The molecule has 5 heteroatoms. The summed E-state index contributed by atoms with van der Waals surface area (Å²) in [5, 5.41) is 5.53. The Balaban J connectivity index is 1.60. The van der Waals surface area contributed by atoms with E-state index in [1.165, 1.54) is 24.3 Å². The van der Waals surface area contributed by atoms with Gasteiger partial charge in [-0.15, -0.1) is 0 Å². The van der Waals surface area contributed by atoms with Crippen molar-refractivity contribution >= 4 is 17.5 Å². The summed E-state index contributed by atoms with van der Waals surface area (Å²) in [6.07, 6.45) is 1.06. The van der Waals surface area contributed by atoms with Gasteiger partial charge < -0.3 is 10.6 Å². The number of amides is 2. The van der Waals surface area contributed by atoms with Crippen LogP contribution in [0, 0.1) is 18.2 Å². The first-order valence-electron chi connectivity index (χ1n) is 7.90. The van der Waals surface area contributed by atoms with Crippen molar-refractivity contribution in [2.75, 3.05) is 5.32 Å². The second-order valence-electron chi connectivity index (χ2n) is 6.21. The standard InChI is InChI=1S/C19H19FN2O2/c1-13-2-4-14(5-3-13)12-21-17(23)19(10-11-19)18(24)22-16-8-6-15(20)7-9-16/h2-9H,10-12H2,1H3,(H,21,23)(H,22,24). The van der Waals surface area contributed by atoms with E-state index in [2.05, 4.69) is 10.6 Å². The molecule has 0 aromatic heterocycles. The number of hydrogen-bond acceptors (Lipinski definition) is 2. The number of carbonyl (C=O) groups is 2. The summed E-state index contributed by atoms with van der Waals surface area (Å²) in [6.45, 7) is 2.39. The smallest absolute Gasteiger partial charge is 0.240 e. The maximum Gasteiger partial charge on any atom is 0.240 e. The first kappa shape index (κ1) is 16.2. The highest BCUT2D eigenvalue weighted by Gasteiger charge is 2.56. The van der Waals surface area contributed by atoms with Crippen molar-refractivity contribution in [3.63, 3.8) is 0 Å². The third kappa shape index (κ3) is 3.45. The molecule has 0 unspecified atom stereocenters. The largest absolute Gasteiger partial charge is 0.351 e. The zero-order chi connectivity index (χ0) is 17.2. The lowest BCUT2D eigenvalue weighted by Crippen LogP contribution is -2.39. The molecule has 124 valence electrons. The molecule has 0 radical (unpaired) electrons. The van der Waals surface area contributed by atoms with E-state index in [4.69, 9.17) is 0 Å². The molecule has 1 aliphatic carbocycles. The molecule has 24 heavy (non-hydrogen) atoms. The van der Waals surface area contributed by atoms with Gasteiger partial charge in [-0.3, -0.25) is 9.59 Å². The number of anilines is 1. The summed E-state index contributed by atoms with van der Waals surface area (Å²) in [4.78, 5) is 24.8. The average Bonchev–Trinajstić information content (AvgIpc) is 3.38. The first-order chi connectivity index (χ1) is 11.5. The van der Waals surface area contributed by atoms with Crippen molar-refractivity contribution in [1.29, 1.82) is 0 Å². The molecule has 1 fully saturated rings. The molecule has 0 atom stereocenters. The van der Waals surface area contributed by atoms with Crippen LogP contribution in [-0.2, 0) is 16.1 Å². The Labute approximate surface area is 140 Å². The van der Waals surface area contributed by atoms with Crippen LogP contribution in [-0.4, -0.2) is 11.8 Å². The molecule has 0 aliphatic heterocycles. The highest BCUT2D eigenvalue weighted by Crippen LogP contribution is 2.46. The molecule has 3 rings (SSSR count). The Morgan fingerprint density at radius 2 is 1.62 bits per heavy atom. The van der Waals surface area contributed by atoms with Crippen molar-refractivity contribution in [3.05, 3.63) is 65.5 Å². The molecule has 0 spiro atoms. The molecule has 2 N–H and O–H groups in total. The van der Waals surface area contributed by atoms with E-state index in [9.17, 15) is 14.0 Å². The van der Waals surface area contributed by atoms with Gasteiger partial charge in [0, 0.05) is 12.2 Å². The highest BCUT2D eigenvalue weighted by molar-refractivity contribution is 6.13. The molecule has 4 nitrogen and oxygen atoms in total.